The number of hydrogen-bond acceptors (Lipinski definition) is 1. The number of rotatable bonds is 3. The molecule has 0 aromatic heterocycles. The molecule has 0 unspecified atom stereocenters. The van der Waals surface area contributed by atoms with Crippen molar-refractivity contribution < 1.29 is 4.79 Å². The highest BCUT2D eigenvalue weighted by Crippen LogP contribution is 2.27. The zero-order chi connectivity index (χ0) is 12.0. The van der Waals surface area contributed by atoms with E-state index in [2.05, 4.69) is 39.0 Å². The fourth-order valence-corrected chi connectivity index (χ4v) is 1.84. The first kappa shape index (κ1) is 13.0. The zero-order valence-electron chi connectivity index (χ0n) is 10.6. The van der Waals surface area contributed by atoms with Gasteiger partial charge in [-0.2, -0.15) is 0 Å². The van der Waals surface area contributed by atoms with Gasteiger partial charge in [0.2, 0.25) is 0 Å². The van der Waals surface area contributed by atoms with Gasteiger partial charge in [0.25, 0.3) is 0 Å². The number of carbonyl (C=O) groups excluding carboxylic acids is 1. The van der Waals surface area contributed by atoms with Gasteiger partial charge in [0.05, 0.1) is 0 Å². The Morgan fingerprint density at radius 3 is 2.56 bits per heavy atom. The van der Waals surface area contributed by atoms with Gasteiger partial charge in [0.15, 0.2) is 0 Å². The third-order valence-electron chi connectivity index (χ3n) is 2.92. The van der Waals surface area contributed by atoms with Crippen molar-refractivity contribution in [1.29, 1.82) is 0 Å². The maximum Gasteiger partial charge on any atom is 0.143 e. The summed E-state index contributed by atoms with van der Waals surface area (Å²) in [7, 11) is 0. The predicted molar refractivity (Wildman–Crippen MR) is 69.3 cm³/mol. The lowest BCUT2D eigenvalue weighted by Gasteiger charge is -2.20. The molecule has 0 aromatic carbocycles. The van der Waals surface area contributed by atoms with Crippen molar-refractivity contribution in [3.05, 3.63) is 35.5 Å². The number of carbonyl (C=O) groups is 1. The molecule has 16 heavy (non-hydrogen) atoms. The van der Waals surface area contributed by atoms with Gasteiger partial charge >= 0.3 is 0 Å². The molecule has 0 atom stereocenters. The molecule has 1 aliphatic rings. The van der Waals surface area contributed by atoms with E-state index < -0.39 is 0 Å². The summed E-state index contributed by atoms with van der Waals surface area (Å²) in [5.41, 5.74) is 2.54. The minimum absolute atomic E-state index is 0.0344. The average molecular weight is 218 g/mol. The molecule has 0 heterocycles. The van der Waals surface area contributed by atoms with Crippen molar-refractivity contribution in [3.63, 3.8) is 0 Å². The van der Waals surface area contributed by atoms with Crippen LogP contribution >= 0.6 is 0 Å². The van der Waals surface area contributed by atoms with E-state index in [0.717, 1.165) is 11.9 Å². The van der Waals surface area contributed by atoms with Crippen LogP contribution in [0.15, 0.2) is 35.5 Å². The van der Waals surface area contributed by atoms with Crippen LogP contribution < -0.4 is 0 Å². The quantitative estimate of drug-likeness (QED) is 0.394. The van der Waals surface area contributed by atoms with Crippen molar-refractivity contribution in [2.24, 2.45) is 5.41 Å². The van der Waals surface area contributed by atoms with Crippen molar-refractivity contribution in [3.8, 4) is 0 Å². The Labute approximate surface area is 98.9 Å². The molecule has 0 spiro atoms. The highest BCUT2D eigenvalue weighted by molar-refractivity contribution is 5.67. The first-order chi connectivity index (χ1) is 7.54. The summed E-state index contributed by atoms with van der Waals surface area (Å²) >= 11 is 0. The van der Waals surface area contributed by atoms with E-state index in [0.29, 0.717) is 0 Å². The molecule has 1 heteroatoms. The normalized spacial score (nSPS) is 18.7. The van der Waals surface area contributed by atoms with Gasteiger partial charge in [0.1, 0.15) is 6.29 Å². The maximum absolute atomic E-state index is 10.6. The van der Waals surface area contributed by atoms with Gasteiger partial charge in [-0.1, -0.05) is 44.6 Å². The summed E-state index contributed by atoms with van der Waals surface area (Å²) in [4.78, 5) is 10.6. The topological polar surface area (TPSA) is 17.1 Å². The van der Waals surface area contributed by atoms with Gasteiger partial charge in [-0.25, -0.2) is 0 Å². The number of aldehydes is 1. The van der Waals surface area contributed by atoms with Crippen LogP contribution in [0.1, 0.15) is 46.5 Å². The van der Waals surface area contributed by atoms with Gasteiger partial charge in [-0.15, -0.1) is 0 Å². The third kappa shape index (κ3) is 4.18. The molecule has 0 aliphatic heterocycles. The van der Waals surface area contributed by atoms with Crippen molar-refractivity contribution in [2.45, 2.75) is 46.5 Å². The lowest BCUT2D eigenvalue weighted by molar-refractivity contribution is -0.104. The second-order valence-corrected chi connectivity index (χ2v) is 5.37. The predicted octanol–water partition coefficient (Wildman–Crippen LogP) is 4.21. The van der Waals surface area contributed by atoms with Crippen LogP contribution in [0.5, 0.6) is 0 Å². The van der Waals surface area contributed by atoms with Gasteiger partial charge in [0, 0.05) is 0 Å². The first-order valence-electron chi connectivity index (χ1n) is 6.07. The Hall–Kier alpha value is -1.11. The monoisotopic (exact) mass is 218 g/mol. The van der Waals surface area contributed by atoms with Crippen LogP contribution in [-0.4, -0.2) is 6.29 Å². The van der Waals surface area contributed by atoms with Gasteiger partial charge in [-0.3, -0.25) is 4.79 Å². The summed E-state index contributed by atoms with van der Waals surface area (Å²) in [5.74, 6) is 0. The molecule has 0 amide bonds. The summed E-state index contributed by atoms with van der Waals surface area (Å²) < 4.78 is 0. The van der Waals surface area contributed by atoms with E-state index in [-0.39, 0.29) is 5.41 Å². The number of hydrogen-bond donors (Lipinski definition) is 0. The van der Waals surface area contributed by atoms with Crippen LogP contribution in [0.25, 0.3) is 0 Å². The highest BCUT2D eigenvalue weighted by Gasteiger charge is 2.14. The average Bonchev–Trinajstić information content (AvgIpc) is 2.24. The largest absolute Gasteiger partial charge is 0.299 e. The SMILES string of the molecule is CC(C)(C)C(=C\C=O)/C=C/C1=CCCCC1. The molecule has 1 rings (SSSR count). The Morgan fingerprint density at radius 2 is 2.06 bits per heavy atom. The second kappa shape index (κ2) is 5.83. The molecular formula is C15H22O. The molecular weight excluding hydrogens is 196 g/mol. The zero-order valence-corrected chi connectivity index (χ0v) is 10.6. The molecule has 0 saturated carbocycles. The fourth-order valence-electron chi connectivity index (χ4n) is 1.84. The van der Waals surface area contributed by atoms with Crippen LogP contribution in [0.3, 0.4) is 0 Å². The molecule has 88 valence electrons. The standard InChI is InChI=1S/C15H22O/c1-15(2,3)14(11-12-16)10-9-13-7-5-4-6-8-13/h7,9-12H,4-6,8H2,1-3H3/b10-9+,14-11-. The van der Waals surface area contributed by atoms with Crippen LogP contribution in [-0.2, 0) is 4.79 Å². The van der Waals surface area contributed by atoms with Crippen LogP contribution in [0.2, 0.25) is 0 Å². The molecule has 0 fully saturated rings. The number of allylic oxidation sites excluding steroid dienone is 6. The minimum Gasteiger partial charge on any atom is -0.299 e. The molecule has 0 aromatic rings. The summed E-state index contributed by atoms with van der Waals surface area (Å²) in [6.07, 6.45) is 14.1. The Bertz CT molecular complexity index is 324. The van der Waals surface area contributed by atoms with Crippen LogP contribution in [0.4, 0.5) is 0 Å². The molecule has 0 saturated heterocycles. The second-order valence-electron chi connectivity index (χ2n) is 5.37. The van der Waals surface area contributed by atoms with Crippen molar-refractivity contribution in [2.75, 3.05) is 0 Å². The van der Waals surface area contributed by atoms with E-state index in [1.54, 1.807) is 6.08 Å². The molecule has 0 radical (unpaired) electrons. The first-order valence-corrected chi connectivity index (χ1v) is 6.07. The van der Waals surface area contributed by atoms with E-state index in [1.165, 1.54) is 31.3 Å². The molecule has 0 bridgehead atoms. The van der Waals surface area contributed by atoms with Gasteiger partial charge < -0.3 is 0 Å². The molecule has 0 N–H and O–H groups in total. The van der Waals surface area contributed by atoms with E-state index in [1.807, 2.05) is 0 Å². The lowest BCUT2D eigenvalue weighted by Crippen LogP contribution is -2.07. The summed E-state index contributed by atoms with van der Waals surface area (Å²) in [6, 6.07) is 0. The van der Waals surface area contributed by atoms with Crippen LogP contribution in [0, 0.1) is 5.41 Å². The van der Waals surface area contributed by atoms with Crippen molar-refractivity contribution >= 4 is 6.29 Å². The van der Waals surface area contributed by atoms with E-state index >= 15 is 0 Å². The fraction of sp³-hybridized carbons (Fsp3) is 0.533. The lowest BCUT2D eigenvalue weighted by atomic mass is 9.85. The minimum atomic E-state index is 0.0344. The maximum atomic E-state index is 10.6. The van der Waals surface area contributed by atoms with E-state index in [9.17, 15) is 4.79 Å². The summed E-state index contributed by atoms with van der Waals surface area (Å²) in [6.45, 7) is 6.38. The Balaban J connectivity index is 2.76. The highest BCUT2D eigenvalue weighted by atomic mass is 16.1. The molecule has 1 aliphatic carbocycles. The summed E-state index contributed by atoms with van der Waals surface area (Å²) in [5, 5.41) is 0. The molecule has 1 nitrogen and oxygen atoms in total. The Kier molecular flexibility index (Phi) is 4.72. The third-order valence-corrected chi connectivity index (χ3v) is 2.92. The van der Waals surface area contributed by atoms with Gasteiger partial charge in [-0.05, 0) is 42.7 Å². The van der Waals surface area contributed by atoms with Crippen molar-refractivity contribution in [1.82, 2.24) is 0 Å². The Morgan fingerprint density at radius 1 is 1.31 bits per heavy atom. The smallest absolute Gasteiger partial charge is 0.143 e. The van der Waals surface area contributed by atoms with E-state index in [4.69, 9.17) is 0 Å².